The number of hydrogen-bond donors (Lipinski definition) is 2. The van der Waals surface area contributed by atoms with Gasteiger partial charge >= 0.3 is 0 Å². The maximum Gasteiger partial charge on any atom is 0.228 e. The van der Waals surface area contributed by atoms with Gasteiger partial charge in [0.1, 0.15) is 5.82 Å². The van der Waals surface area contributed by atoms with Crippen LogP contribution in [-0.4, -0.2) is 33.2 Å². The first-order chi connectivity index (χ1) is 9.28. The minimum absolute atomic E-state index is 0.628. The fourth-order valence-corrected chi connectivity index (χ4v) is 1.52. The Labute approximate surface area is 111 Å². The molecular weight excluding hydrogens is 244 g/mol. The lowest BCUT2D eigenvalue weighted by molar-refractivity contribution is 0.377. The first-order valence-electron chi connectivity index (χ1n) is 6.38. The number of rotatable bonds is 7. The normalized spacial score (nSPS) is 10.4. The Bertz CT molecular complexity index is 512. The summed E-state index contributed by atoms with van der Waals surface area (Å²) in [6.07, 6.45) is 3.43. The molecule has 102 valence electrons. The van der Waals surface area contributed by atoms with Crippen LogP contribution in [0.4, 0.5) is 11.8 Å². The van der Waals surface area contributed by atoms with Crippen molar-refractivity contribution < 1.29 is 4.52 Å². The molecule has 7 heteroatoms. The van der Waals surface area contributed by atoms with Crippen molar-refractivity contribution in [1.82, 2.24) is 20.1 Å². The number of aromatic nitrogens is 4. The second-order valence-corrected chi connectivity index (χ2v) is 4.10. The van der Waals surface area contributed by atoms with E-state index in [2.05, 4.69) is 37.7 Å². The van der Waals surface area contributed by atoms with Gasteiger partial charge in [-0.2, -0.15) is 9.97 Å². The van der Waals surface area contributed by atoms with Crippen LogP contribution in [0.25, 0.3) is 0 Å². The average Bonchev–Trinajstić information content (AvgIpc) is 2.83. The summed E-state index contributed by atoms with van der Waals surface area (Å²) >= 11 is 0. The van der Waals surface area contributed by atoms with Crippen molar-refractivity contribution in [2.45, 2.75) is 26.7 Å². The Hall–Kier alpha value is -2.18. The van der Waals surface area contributed by atoms with Gasteiger partial charge in [-0.3, -0.25) is 0 Å². The van der Waals surface area contributed by atoms with E-state index in [-0.39, 0.29) is 0 Å². The Morgan fingerprint density at radius 2 is 2.11 bits per heavy atom. The highest BCUT2D eigenvalue weighted by Crippen LogP contribution is 2.06. The van der Waals surface area contributed by atoms with Crippen LogP contribution in [0.15, 0.2) is 16.8 Å². The SMILES string of the molecule is CCCNc1nccc(NCCc2nc(C)no2)n1. The smallest absolute Gasteiger partial charge is 0.228 e. The molecule has 2 aromatic heterocycles. The van der Waals surface area contributed by atoms with Crippen molar-refractivity contribution >= 4 is 11.8 Å². The van der Waals surface area contributed by atoms with Gasteiger partial charge in [0.25, 0.3) is 0 Å². The van der Waals surface area contributed by atoms with Crippen LogP contribution in [-0.2, 0) is 6.42 Å². The summed E-state index contributed by atoms with van der Waals surface area (Å²) in [7, 11) is 0. The van der Waals surface area contributed by atoms with Crippen LogP contribution in [0, 0.1) is 6.92 Å². The molecular formula is C12H18N6O. The standard InChI is InChI=1S/C12H18N6O/c1-3-6-14-12-15-7-4-10(17-12)13-8-5-11-16-9(2)18-19-11/h4,7H,3,5-6,8H2,1-2H3,(H2,13,14,15,17). The molecule has 0 saturated carbocycles. The van der Waals surface area contributed by atoms with Crippen molar-refractivity contribution in [3.05, 3.63) is 24.0 Å². The van der Waals surface area contributed by atoms with Gasteiger partial charge in [0.05, 0.1) is 0 Å². The fraction of sp³-hybridized carbons (Fsp3) is 0.500. The second-order valence-electron chi connectivity index (χ2n) is 4.10. The summed E-state index contributed by atoms with van der Waals surface area (Å²) in [5.41, 5.74) is 0. The van der Waals surface area contributed by atoms with E-state index >= 15 is 0 Å². The third-order valence-electron chi connectivity index (χ3n) is 2.40. The largest absolute Gasteiger partial charge is 0.369 e. The molecule has 0 fully saturated rings. The highest BCUT2D eigenvalue weighted by Gasteiger charge is 2.03. The quantitative estimate of drug-likeness (QED) is 0.784. The topological polar surface area (TPSA) is 88.8 Å². The Morgan fingerprint density at radius 3 is 2.84 bits per heavy atom. The predicted molar refractivity (Wildman–Crippen MR) is 72.0 cm³/mol. The second kappa shape index (κ2) is 6.67. The van der Waals surface area contributed by atoms with Crippen LogP contribution in [0.2, 0.25) is 0 Å². The number of anilines is 2. The number of nitrogens with zero attached hydrogens (tertiary/aromatic N) is 4. The van der Waals surface area contributed by atoms with Gasteiger partial charge < -0.3 is 15.2 Å². The third-order valence-corrected chi connectivity index (χ3v) is 2.40. The van der Waals surface area contributed by atoms with Gasteiger partial charge in [-0.25, -0.2) is 4.98 Å². The van der Waals surface area contributed by atoms with Crippen LogP contribution >= 0.6 is 0 Å². The number of aryl methyl sites for hydroxylation is 1. The van der Waals surface area contributed by atoms with E-state index in [4.69, 9.17) is 4.52 Å². The van der Waals surface area contributed by atoms with E-state index in [0.717, 1.165) is 18.8 Å². The fourth-order valence-electron chi connectivity index (χ4n) is 1.52. The molecule has 7 nitrogen and oxygen atoms in total. The molecule has 0 amide bonds. The highest BCUT2D eigenvalue weighted by atomic mass is 16.5. The van der Waals surface area contributed by atoms with Crippen molar-refractivity contribution in [3.8, 4) is 0 Å². The van der Waals surface area contributed by atoms with Gasteiger partial charge in [-0.05, 0) is 19.4 Å². The first kappa shape index (κ1) is 13.3. The lowest BCUT2D eigenvalue weighted by Gasteiger charge is -2.06. The molecule has 0 spiro atoms. The molecule has 0 bridgehead atoms. The van der Waals surface area contributed by atoms with Crippen LogP contribution in [0.1, 0.15) is 25.1 Å². The molecule has 0 radical (unpaired) electrons. The van der Waals surface area contributed by atoms with Crippen molar-refractivity contribution in [2.24, 2.45) is 0 Å². The Balaban J connectivity index is 1.82. The molecule has 0 aliphatic carbocycles. The number of nitrogens with one attached hydrogen (secondary N) is 2. The molecule has 0 unspecified atom stereocenters. The summed E-state index contributed by atoms with van der Waals surface area (Å²) < 4.78 is 5.03. The van der Waals surface area contributed by atoms with Crippen molar-refractivity contribution in [3.63, 3.8) is 0 Å². The van der Waals surface area contributed by atoms with E-state index in [1.807, 2.05) is 6.07 Å². The Kier molecular flexibility index (Phi) is 4.66. The van der Waals surface area contributed by atoms with Crippen LogP contribution in [0.5, 0.6) is 0 Å². The van der Waals surface area contributed by atoms with Gasteiger partial charge in [0, 0.05) is 25.7 Å². The maximum atomic E-state index is 5.03. The molecule has 0 aliphatic heterocycles. The third kappa shape index (κ3) is 4.20. The number of hydrogen-bond acceptors (Lipinski definition) is 7. The van der Waals surface area contributed by atoms with E-state index in [1.165, 1.54) is 0 Å². The molecule has 0 atom stereocenters. The van der Waals surface area contributed by atoms with Crippen LogP contribution < -0.4 is 10.6 Å². The van der Waals surface area contributed by atoms with Gasteiger partial charge in [0.15, 0.2) is 5.82 Å². The van der Waals surface area contributed by atoms with Gasteiger partial charge in [-0.15, -0.1) is 0 Å². The zero-order valence-corrected chi connectivity index (χ0v) is 11.2. The molecule has 2 aromatic rings. The summed E-state index contributed by atoms with van der Waals surface area (Å²) in [5.74, 6) is 2.71. The lowest BCUT2D eigenvalue weighted by Crippen LogP contribution is -2.09. The first-order valence-corrected chi connectivity index (χ1v) is 6.38. The average molecular weight is 262 g/mol. The minimum atomic E-state index is 0.628. The van der Waals surface area contributed by atoms with Crippen LogP contribution in [0.3, 0.4) is 0 Å². The van der Waals surface area contributed by atoms with E-state index in [0.29, 0.717) is 30.6 Å². The van der Waals surface area contributed by atoms with Crippen molar-refractivity contribution in [2.75, 3.05) is 23.7 Å². The lowest BCUT2D eigenvalue weighted by atomic mass is 10.4. The molecule has 0 aliphatic rings. The predicted octanol–water partition coefficient (Wildman–Crippen LogP) is 1.64. The van der Waals surface area contributed by atoms with E-state index in [9.17, 15) is 0 Å². The Morgan fingerprint density at radius 1 is 1.21 bits per heavy atom. The van der Waals surface area contributed by atoms with E-state index < -0.39 is 0 Å². The zero-order chi connectivity index (χ0) is 13.5. The maximum absolute atomic E-state index is 5.03. The summed E-state index contributed by atoms with van der Waals surface area (Å²) in [5, 5.41) is 10.1. The van der Waals surface area contributed by atoms with E-state index in [1.54, 1.807) is 13.1 Å². The summed E-state index contributed by atoms with van der Waals surface area (Å²) in [6, 6.07) is 1.83. The highest BCUT2D eigenvalue weighted by molar-refractivity contribution is 5.39. The molecule has 19 heavy (non-hydrogen) atoms. The van der Waals surface area contributed by atoms with Gasteiger partial charge in [0.2, 0.25) is 11.8 Å². The molecule has 0 aromatic carbocycles. The minimum Gasteiger partial charge on any atom is -0.369 e. The zero-order valence-electron chi connectivity index (χ0n) is 11.2. The summed E-state index contributed by atoms with van der Waals surface area (Å²) in [4.78, 5) is 12.6. The molecule has 2 N–H and O–H groups in total. The molecule has 2 heterocycles. The monoisotopic (exact) mass is 262 g/mol. The van der Waals surface area contributed by atoms with Crippen molar-refractivity contribution in [1.29, 1.82) is 0 Å². The molecule has 0 saturated heterocycles. The summed E-state index contributed by atoms with van der Waals surface area (Å²) in [6.45, 7) is 5.45. The van der Waals surface area contributed by atoms with Gasteiger partial charge in [-0.1, -0.05) is 12.1 Å². The molecule has 2 rings (SSSR count).